The SMILES string of the molecule is CC[N+]1(CCCCCCCCCC[N+]2(CC)CCCC2)CCCC1. The Kier molecular flexibility index (Phi) is 9.11. The molecule has 0 radical (unpaired) electrons. The van der Waals surface area contributed by atoms with Crippen LogP contribution in [-0.2, 0) is 0 Å². The smallest absolute Gasteiger partial charge is 0.0788 e. The maximum Gasteiger partial charge on any atom is 0.0788 e. The Morgan fingerprint density at radius 1 is 0.458 bits per heavy atom. The Hall–Kier alpha value is -0.0800. The van der Waals surface area contributed by atoms with Crippen molar-refractivity contribution in [2.45, 2.75) is 90.9 Å². The van der Waals surface area contributed by atoms with Crippen LogP contribution in [0.1, 0.15) is 90.9 Å². The fourth-order valence-electron chi connectivity index (χ4n) is 5.36. The number of hydrogen-bond acceptors (Lipinski definition) is 0. The van der Waals surface area contributed by atoms with E-state index >= 15 is 0 Å². The molecule has 0 amide bonds. The van der Waals surface area contributed by atoms with Gasteiger partial charge in [-0.15, -0.1) is 0 Å². The summed E-state index contributed by atoms with van der Waals surface area (Å²) in [6, 6.07) is 0. The molecule has 0 aromatic heterocycles. The second-order valence-corrected chi connectivity index (χ2v) is 8.90. The lowest BCUT2D eigenvalue weighted by atomic mass is 10.1. The summed E-state index contributed by atoms with van der Waals surface area (Å²) in [6.07, 6.45) is 17.8. The van der Waals surface area contributed by atoms with Gasteiger partial charge in [0.15, 0.2) is 0 Å². The van der Waals surface area contributed by atoms with Crippen molar-refractivity contribution in [2.75, 3.05) is 52.4 Å². The van der Waals surface area contributed by atoms with E-state index in [1.54, 1.807) is 0 Å². The van der Waals surface area contributed by atoms with E-state index in [9.17, 15) is 0 Å². The molecule has 2 aliphatic rings. The molecule has 142 valence electrons. The minimum atomic E-state index is 1.37. The highest BCUT2D eigenvalue weighted by Gasteiger charge is 2.29. The molecule has 0 bridgehead atoms. The van der Waals surface area contributed by atoms with E-state index in [1.807, 2.05) is 0 Å². The monoisotopic (exact) mass is 338 g/mol. The van der Waals surface area contributed by atoms with Crippen LogP contribution in [0.25, 0.3) is 0 Å². The van der Waals surface area contributed by atoms with Gasteiger partial charge in [0.2, 0.25) is 0 Å². The van der Waals surface area contributed by atoms with Crippen molar-refractivity contribution in [1.29, 1.82) is 0 Å². The molecule has 0 unspecified atom stereocenters. The van der Waals surface area contributed by atoms with Crippen LogP contribution in [0.3, 0.4) is 0 Å². The third-order valence-electron chi connectivity index (χ3n) is 7.39. The van der Waals surface area contributed by atoms with E-state index in [0.717, 1.165) is 0 Å². The van der Waals surface area contributed by atoms with Gasteiger partial charge in [-0.05, 0) is 39.5 Å². The zero-order valence-electron chi connectivity index (χ0n) is 17.0. The number of unbranched alkanes of at least 4 members (excludes halogenated alkanes) is 7. The van der Waals surface area contributed by atoms with Crippen molar-refractivity contribution < 1.29 is 8.97 Å². The van der Waals surface area contributed by atoms with Gasteiger partial charge in [-0.3, -0.25) is 0 Å². The topological polar surface area (TPSA) is 0 Å². The first-order chi connectivity index (χ1) is 11.7. The van der Waals surface area contributed by atoms with E-state index in [2.05, 4.69) is 13.8 Å². The molecule has 0 N–H and O–H groups in total. The normalized spacial score (nSPS) is 22.2. The highest BCUT2D eigenvalue weighted by Crippen LogP contribution is 2.22. The van der Waals surface area contributed by atoms with Gasteiger partial charge in [-0.25, -0.2) is 0 Å². The van der Waals surface area contributed by atoms with E-state index in [4.69, 9.17) is 0 Å². The molecular formula is C22H46N2+2. The van der Waals surface area contributed by atoms with Gasteiger partial charge >= 0.3 is 0 Å². The largest absolute Gasteiger partial charge is 0.324 e. The molecule has 2 heterocycles. The van der Waals surface area contributed by atoms with Gasteiger partial charge in [0, 0.05) is 25.7 Å². The molecular weight excluding hydrogens is 292 g/mol. The molecule has 2 rings (SSSR count). The number of quaternary nitrogens is 2. The zero-order valence-corrected chi connectivity index (χ0v) is 17.0. The van der Waals surface area contributed by atoms with Crippen molar-refractivity contribution in [2.24, 2.45) is 0 Å². The van der Waals surface area contributed by atoms with E-state index in [1.165, 1.54) is 138 Å². The number of hydrogen-bond donors (Lipinski definition) is 0. The van der Waals surface area contributed by atoms with Crippen LogP contribution in [0.2, 0.25) is 0 Å². The van der Waals surface area contributed by atoms with Gasteiger partial charge in [0.05, 0.1) is 52.4 Å². The van der Waals surface area contributed by atoms with E-state index in [-0.39, 0.29) is 0 Å². The van der Waals surface area contributed by atoms with E-state index < -0.39 is 0 Å². The second-order valence-electron chi connectivity index (χ2n) is 8.90. The Labute approximate surface area is 152 Å². The minimum Gasteiger partial charge on any atom is -0.324 e. The molecule has 0 aliphatic carbocycles. The molecule has 0 atom stereocenters. The molecule has 0 aromatic rings. The first-order valence-corrected chi connectivity index (χ1v) is 11.4. The maximum atomic E-state index is 2.40. The summed E-state index contributed by atoms with van der Waals surface area (Å²) in [5.41, 5.74) is 0. The van der Waals surface area contributed by atoms with Crippen LogP contribution in [-0.4, -0.2) is 61.3 Å². The summed E-state index contributed by atoms with van der Waals surface area (Å²) in [6.45, 7) is 16.3. The van der Waals surface area contributed by atoms with Crippen molar-refractivity contribution in [3.8, 4) is 0 Å². The molecule has 24 heavy (non-hydrogen) atoms. The molecule has 2 nitrogen and oxygen atoms in total. The van der Waals surface area contributed by atoms with Crippen molar-refractivity contribution >= 4 is 0 Å². The summed E-state index contributed by atoms with van der Waals surface area (Å²) in [4.78, 5) is 0. The first kappa shape index (κ1) is 20.2. The van der Waals surface area contributed by atoms with Crippen LogP contribution < -0.4 is 0 Å². The average Bonchev–Trinajstić information content (AvgIpc) is 3.27. The third-order valence-corrected chi connectivity index (χ3v) is 7.39. The average molecular weight is 339 g/mol. The Bertz CT molecular complexity index is 282. The lowest BCUT2D eigenvalue weighted by Gasteiger charge is -2.33. The summed E-state index contributed by atoms with van der Waals surface area (Å²) in [7, 11) is 0. The molecule has 2 saturated heterocycles. The van der Waals surface area contributed by atoms with Gasteiger partial charge in [-0.2, -0.15) is 0 Å². The molecule has 2 aliphatic heterocycles. The predicted molar refractivity (Wildman–Crippen MR) is 106 cm³/mol. The zero-order chi connectivity index (χ0) is 17.1. The van der Waals surface area contributed by atoms with Crippen LogP contribution in [0.4, 0.5) is 0 Å². The molecule has 0 saturated carbocycles. The molecule has 2 heteroatoms. The Morgan fingerprint density at radius 2 is 0.750 bits per heavy atom. The maximum absolute atomic E-state index is 2.40. The van der Waals surface area contributed by atoms with E-state index in [0.29, 0.717) is 0 Å². The number of rotatable bonds is 13. The van der Waals surface area contributed by atoms with Crippen molar-refractivity contribution in [3.05, 3.63) is 0 Å². The predicted octanol–water partition coefficient (Wildman–Crippen LogP) is 5.37. The Morgan fingerprint density at radius 3 is 1.04 bits per heavy atom. The summed E-state index contributed by atoms with van der Waals surface area (Å²) < 4.78 is 2.88. The van der Waals surface area contributed by atoms with Crippen molar-refractivity contribution in [1.82, 2.24) is 0 Å². The fraction of sp³-hybridized carbons (Fsp3) is 1.00. The standard InChI is InChI=1S/C22H46N2/c1-3-23(19-13-14-20-23)17-11-9-7-5-6-8-10-12-18-24(4-2)21-15-16-22-24/h3-22H2,1-2H3/q+2. The molecule has 0 aromatic carbocycles. The second kappa shape index (κ2) is 10.8. The van der Waals surface area contributed by atoms with Crippen LogP contribution in [0.5, 0.6) is 0 Å². The Balaban J connectivity index is 1.39. The summed E-state index contributed by atoms with van der Waals surface area (Å²) in [5.74, 6) is 0. The highest BCUT2D eigenvalue weighted by molar-refractivity contribution is 4.56. The quantitative estimate of drug-likeness (QED) is 0.313. The van der Waals surface area contributed by atoms with Gasteiger partial charge in [-0.1, -0.05) is 25.7 Å². The lowest BCUT2D eigenvalue weighted by Crippen LogP contribution is -2.45. The number of likely N-dealkylation sites (tertiary alicyclic amines) is 2. The van der Waals surface area contributed by atoms with Gasteiger partial charge in [0.25, 0.3) is 0 Å². The minimum absolute atomic E-state index is 1.37. The van der Waals surface area contributed by atoms with Crippen LogP contribution in [0, 0.1) is 0 Å². The first-order valence-electron chi connectivity index (χ1n) is 11.4. The lowest BCUT2D eigenvalue weighted by molar-refractivity contribution is -0.915. The highest BCUT2D eigenvalue weighted by atomic mass is 15.4. The molecule has 0 spiro atoms. The summed E-state index contributed by atoms with van der Waals surface area (Å²) in [5, 5.41) is 0. The van der Waals surface area contributed by atoms with Gasteiger partial charge in [0.1, 0.15) is 0 Å². The third kappa shape index (κ3) is 6.33. The van der Waals surface area contributed by atoms with Crippen LogP contribution in [0.15, 0.2) is 0 Å². The molecule has 2 fully saturated rings. The fourth-order valence-corrected chi connectivity index (χ4v) is 5.36. The number of nitrogens with zero attached hydrogens (tertiary/aromatic N) is 2. The summed E-state index contributed by atoms with van der Waals surface area (Å²) >= 11 is 0. The van der Waals surface area contributed by atoms with Gasteiger partial charge < -0.3 is 8.97 Å². The van der Waals surface area contributed by atoms with Crippen LogP contribution >= 0.6 is 0 Å². The van der Waals surface area contributed by atoms with Crippen molar-refractivity contribution in [3.63, 3.8) is 0 Å².